The number of aryl methyl sites for hydroxylation is 1. The Labute approximate surface area is 164 Å². The summed E-state index contributed by atoms with van der Waals surface area (Å²) in [7, 11) is 0. The van der Waals surface area contributed by atoms with E-state index in [0.717, 1.165) is 24.4 Å². The predicted molar refractivity (Wildman–Crippen MR) is 110 cm³/mol. The van der Waals surface area contributed by atoms with Crippen LogP contribution in [0.3, 0.4) is 0 Å². The zero-order chi connectivity index (χ0) is 19.5. The van der Waals surface area contributed by atoms with Crippen molar-refractivity contribution in [1.29, 1.82) is 0 Å². The monoisotopic (exact) mass is 378 g/mol. The van der Waals surface area contributed by atoms with Gasteiger partial charge >= 0.3 is 0 Å². The van der Waals surface area contributed by atoms with E-state index in [4.69, 9.17) is 4.74 Å². The van der Waals surface area contributed by atoms with E-state index in [1.165, 1.54) is 19.4 Å². The van der Waals surface area contributed by atoms with Gasteiger partial charge in [0.05, 0.1) is 17.7 Å². The molecule has 1 aromatic carbocycles. The Morgan fingerprint density at radius 1 is 1.21 bits per heavy atom. The first kappa shape index (κ1) is 18.6. The molecule has 6 heteroatoms. The lowest BCUT2D eigenvalue weighted by Gasteiger charge is -2.20. The highest BCUT2D eigenvalue weighted by Crippen LogP contribution is 2.18. The lowest BCUT2D eigenvalue weighted by Crippen LogP contribution is -2.28. The third kappa shape index (κ3) is 3.78. The van der Waals surface area contributed by atoms with Crippen molar-refractivity contribution in [2.45, 2.75) is 39.2 Å². The largest absolute Gasteiger partial charge is 0.494 e. The predicted octanol–water partition coefficient (Wildman–Crippen LogP) is 3.34. The van der Waals surface area contributed by atoms with Crippen molar-refractivity contribution >= 4 is 11.0 Å². The van der Waals surface area contributed by atoms with Gasteiger partial charge in [-0.05, 0) is 76.1 Å². The molecule has 4 rings (SSSR count). The second kappa shape index (κ2) is 8.10. The van der Waals surface area contributed by atoms with Crippen molar-refractivity contribution in [2.75, 3.05) is 19.7 Å². The average molecular weight is 378 g/mol. The molecule has 28 heavy (non-hydrogen) atoms. The molecule has 3 aromatic rings. The fourth-order valence-electron chi connectivity index (χ4n) is 3.90. The summed E-state index contributed by atoms with van der Waals surface area (Å²) in [5.74, 6) is 1.43. The molecule has 0 N–H and O–H groups in total. The Morgan fingerprint density at radius 3 is 2.79 bits per heavy atom. The zero-order valence-electron chi connectivity index (χ0n) is 16.5. The van der Waals surface area contributed by atoms with Crippen LogP contribution in [-0.4, -0.2) is 45.2 Å². The van der Waals surface area contributed by atoms with Crippen LogP contribution >= 0.6 is 0 Å². The average Bonchev–Trinajstić information content (AvgIpc) is 3.11. The third-order valence-corrected chi connectivity index (χ3v) is 5.46. The highest BCUT2D eigenvalue weighted by Gasteiger charge is 2.19. The number of nitrogens with zero attached hydrogens (tertiary/aromatic N) is 4. The molecule has 0 amide bonds. The Morgan fingerprint density at radius 2 is 2.04 bits per heavy atom. The Hall–Kier alpha value is -2.73. The second-order valence-electron chi connectivity index (χ2n) is 7.40. The van der Waals surface area contributed by atoms with Crippen LogP contribution in [0.5, 0.6) is 5.75 Å². The van der Waals surface area contributed by atoms with Gasteiger partial charge in [0.1, 0.15) is 11.6 Å². The maximum Gasteiger partial charge on any atom is 0.267 e. The van der Waals surface area contributed by atoms with Crippen molar-refractivity contribution in [3.63, 3.8) is 0 Å². The molecule has 0 saturated carbocycles. The maximum absolute atomic E-state index is 12.8. The molecule has 0 unspecified atom stereocenters. The van der Waals surface area contributed by atoms with Crippen LogP contribution < -0.4 is 10.3 Å². The molecule has 1 atom stereocenters. The van der Waals surface area contributed by atoms with Gasteiger partial charge in [0.25, 0.3) is 5.56 Å². The molecule has 146 valence electrons. The van der Waals surface area contributed by atoms with E-state index >= 15 is 0 Å². The van der Waals surface area contributed by atoms with Crippen molar-refractivity contribution < 1.29 is 4.74 Å². The number of rotatable bonds is 6. The summed E-state index contributed by atoms with van der Waals surface area (Å²) in [5.41, 5.74) is 1.15. The van der Waals surface area contributed by atoms with Gasteiger partial charge in [0, 0.05) is 18.8 Å². The SMILES string of the molecule is Cc1nc2ncccc2c(=O)n1-c1ccc(OCCCN2CCC[C@H]2C)cc1. The van der Waals surface area contributed by atoms with E-state index in [1.807, 2.05) is 31.2 Å². The van der Waals surface area contributed by atoms with Crippen molar-refractivity contribution in [3.05, 3.63) is 58.8 Å². The molecule has 1 aliphatic heterocycles. The second-order valence-corrected chi connectivity index (χ2v) is 7.40. The standard InChI is InChI=1S/C22H26N4O2/c1-16-6-4-13-25(16)14-5-15-28-19-10-8-18(9-11-19)26-17(2)24-21-20(22(26)27)7-3-12-23-21/h3,7-12,16H,4-6,13-15H2,1-2H3/t16-/m1/s1. The quantitative estimate of drug-likeness (QED) is 0.616. The van der Waals surface area contributed by atoms with Gasteiger partial charge in [0.2, 0.25) is 0 Å². The van der Waals surface area contributed by atoms with Crippen LogP contribution in [0.1, 0.15) is 32.0 Å². The van der Waals surface area contributed by atoms with Gasteiger partial charge in [-0.1, -0.05) is 0 Å². The Bertz CT molecular complexity index is 1010. The number of fused-ring (bicyclic) bond motifs is 1. The third-order valence-electron chi connectivity index (χ3n) is 5.46. The fourth-order valence-corrected chi connectivity index (χ4v) is 3.90. The molecule has 0 radical (unpaired) electrons. The molecular weight excluding hydrogens is 352 g/mol. The van der Waals surface area contributed by atoms with Gasteiger partial charge < -0.3 is 9.64 Å². The van der Waals surface area contributed by atoms with Crippen LogP contribution in [0.2, 0.25) is 0 Å². The van der Waals surface area contributed by atoms with E-state index in [1.54, 1.807) is 22.9 Å². The number of hydrogen-bond acceptors (Lipinski definition) is 5. The summed E-state index contributed by atoms with van der Waals surface area (Å²) in [6.07, 6.45) is 5.28. The summed E-state index contributed by atoms with van der Waals surface area (Å²) >= 11 is 0. The molecule has 3 heterocycles. The summed E-state index contributed by atoms with van der Waals surface area (Å²) in [6.45, 7) is 7.11. The van der Waals surface area contributed by atoms with E-state index in [9.17, 15) is 4.79 Å². The summed E-state index contributed by atoms with van der Waals surface area (Å²) in [5, 5.41) is 0.518. The van der Waals surface area contributed by atoms with E-state index in [-0.39, 0.29) is 5.56 Å². The molecule has 0 bridgehead atoms. The topological polar surface area (TPSA) is 60.3 Å². The molecule has 0 spiro atoms. The summed E-state index contributed by atoms with van der Waals surface area (Å²) in [4.78, 5) is 24.0. The number of aromatic nitrogens is 3. The van der Waals surface area contributed by atoms with Gasteiger partial charge in [-0.15, -0.1) is 0 Å². The number of likely N-dealkylation sites (tertiary alicyclic amines) is 1. The molecule has 0 aliphatic carbocycles. The minimum atomic E-state index is -0.107. The molecule has 6 nitrogen and oxygen atoms in total. The number of hydrogen-bond donors (Lipinski definition) is 0. The molecule has 1 aliphatic rings. The highest BCUT2D eigenvalue weighted by molar-refractivity contribution is 5.73. The molecule has 1 fully saturated rings. The first-order valence-electron chi connectivity index (χ1n) is 9.95. The van der Waals surface area contributed by atoms with E-state index in [2.05, 4.69) is 21.8 Å². The maximum atomic E-state index is 12.8. The van der Waals surface area contributed by atoms with Gasteiger partial charge in [-0.3, -0.25) is 9.36 Å². The summed E-state index contributed by atoms with van der Waals surface area (Å²) < 4.78 is 7.50. The minimum absolute atomic E-state index is 0.107. The van der Waals surface area contributed by atoms with E-state index < -0.39 is 0 Å². The highest BCUT2D eigenvalue weighted by atomic mass is 16.5. The molecule has 2 aromatic heterocycles. The Balaban J connectivity index is 1.43. The van der Waals surface area contributed by atoms with Crippen molar-refractivity contribution in [3.8, 4) is 11.4 Å². The number of pyridine rings is 1. The lowest BCUT2D eigenvalue weighted by atomic mass is 10.2. The van der Waals surface area contributed by atoms with Crippen molar-refractivity contribution in [1.82, 2.24) is 19.4 Å². The van der Waals surface area contributed by atoms with E-state index in [0.29, 0.717) is 29.5 Å². The zero-order valence-corrected chi connectivity index (χ0v) is 16.5. The van der Waals surface area contributed by atoms with Gasteiger partial charge in [-0.2, -0.15) is 0 Å². The lowest BCUT2D eigenvalue weighted by molar-refractivity contribution is 0.230. The van der Waals surface area contributed by atoms with Crippen LogP contribution in [0.25, 0.3) is 16.7 Å². The number of ether oxygens (including phenoxy) is 1. The summed E-state index contributed by atoms with van der Waals surface area (Å²) in [6, 6.07) is 11.8. The van der Waals surface area contributed by atoms with Gasteiger partial charge in [0.15, 0.2) is 5.65 Å². The minimum Gasteiger partial charge on any atom is -0.494 e. The first-order valence-corrected chi connectivity index (χ1v) is 9.95. The van der Waals surface area contributed by atoms with Crippen LogP contribution in [0.4, 0.5) is 0 Å². The van der Waals surface area contributed by atoms with Crippen molar-refractivity contribution in [2.24, 2.45) is 0 Å². The molecule has 1 saturated heterocycles. The smallest absolute Gasteiger partial charge is 0.267 e. The van der Waals surface area contributed by atoms with Crippen LogP contribution in [0, 0.1) is 6.92 Å². The number of benzene rings is 1. The Kier molecular flexibility index (Phi) is 5.39. The fraction of sp³-hybridized carbons (Fsp3) is 0.409. The van der Waals surface area contributed by atoms with Gasteiger partial charge in [-0.25, -0.2) is 9.97 Å². The first-order chi connectivity index (χ1) is 13.6. The van der Waals surface area contributed by atoms with Crippen LogP contribution in [-0.2, 0) is 0 Å². The molecular formula is C22H26N4O2. The van der Waals surface area contributed by atoms with Crippen LogP contribution in [0.15, 0.2) is 47.4 Å². The normalized spacial score (nSPS) is 17.3.